The van der Waals surface area contributed by atoms with Crippen LogP contribution in [0.4, 0.5) is 0 Å². The highest BCUT2D eigenvalue weighted by atomic mass is 16.1. The second-order valence-electron chi connectivity index (χ2n) is 3.77. The van der Waals surface area contributed by atoms with Crippen LogP contribution < -0.4 is 0 Å². The van der Waals surface area contributed by atoms with Gasteiger partial charge >= 0.3 is 0 Å². The van der Waals surface area contributed by atoms with Crippen LogP contribution in [-0.4, -0.2) is 5.78 Å². The molecule has 0 amide bonds. The maximum atomic E-state index is 11.2. The van der Waals surface area contributed by atoms with Crippen LogP contribution in [0.25, 0.3) is 0 Å². The van der Waals surface area contributed by atoms with E-state index in [2.05, 4.69) is 6.58 Å². The van der Waals surface area contributed by atoms with Crippen molar-refractivity contribution in [1.29, 1.82) is 0 Å². The number of rotatable bonds is 4. The van der Waals surface area contributed by atoms with Crippen LogP contribution in [0.15, 0.2) is 12.7 Å². The Balaban J connectivity index is 2.40. The van der Waals surface area contributed by atoms with Gasteiger partial charge in [-0.25, -0.2) is 0 Å². The molecule has 1 heteroatoms. The summed E-state index contributed by atoms with van der Waals surface area (Å²) in [5.74, 6) is 1.41. The summed E-state index contributed by atoms with van der Waals surface area (Å²) in [6.45, 7) is 5.44. The molecule has 1 aliphatic rings. The van der Waals surface area contributed by atoms with Crippen molar-refractivity contribution >= 4 is 5.78 Å². The number of Topliss-reactive ketones (excluding diaryl/α,β-unsaturated/α-hetero) is 1. The highest BCUT2D eigenvalue weighted by molar-refractivity contribution is 5.78. The summed E-state index contributed by atoms with van der Waals surface area (Å²) in [6.07, 6.45) is 7.79. The van der Waals surface area contributed by atoms with E-state index < -0.39 is 0 Å². The molecule has 1 fully saturated rings. The van der Waals surface area contributed by atoms with Crippen molar-refractivity contribution in [3.8, 4) is 0 Å². The van der Waals surface area contributed by atoms with Gasteiger partial charge in [0.25, 0.3) is 0 Å². The molecule has 0 heterocycles. The lowest BCUT2D eigenvalue weighted by molar-refractivity contribution is -0.121. The fourth-order valence-electron chi connectivity index (χ4n) is 2.25. The second-order valence-corrected chi connectivity index (χ2v) is 3.77. The monoisotopic (exact) mass is 166 g/mol. The van der Waals surface area contributed by atoms with E-state index in [9.17, 15) is 4.79 Å². The normalized spacial score (nSPS) is 28.8. The van der Waals surface area contributed by atoms with Gasteiger partial charge < -0.3 is 0 Å². The summed E-state index contributed by atoms with van der Waals surface area (Å²) >= 11 is 0. The Hall–Kier alpha value is -0.590. The Morgan fingerprint density at radius 2 is 2.33 bits per heavy atom. The van der Waals surface area contributed by atoms with E-state index in [1.54, 1.807) is 6.92 Å². The number of carbonyl (C=O) groups excluding carboxylic acids is 1. The van der Waals surface area contributed by atoms with Gasteiger partial charge in [0.05, 0.1) is 0 Å². The molecule has 1 saturated carbocycles. The van der Waals surface area contributed by atoms with E-state index in [1.165, 1.54) is 12.8 Å². The number of ketones is 1. The molecule has 0 radical (unpaired) electrons. The summed E-state index contributed by atoms with van der Waals surface area (Å²) < 4.78 is 0. The van der Waals surface area contributed by atoms with Crippen LogP contribution in [0.1, 0.15) is 39.0 Å². The second kappa shape index (κ2) is 4.44. The smallest absolute Gasteiger partial charge is 0.133 e. The van der Waals surface area contributed by atoms with Crippen LogP contribution >= 0.6 is 0 Å². The molecule has 12 heavy (non-hydrogen) atoms. The van der Waals surface area contributed by atoms with E-state index in [1.807, 2.05) is 6.08 Å². The number of allylic oxidation sites excluding steroid dienone is 1. The first-order valence-electron chi connectivity index (χ1n) is 4.87. The lowest BCUT2D eigenvalue weighted by Crippen LogP contribution is -2.15. The predicted molar refractivity (Wildman–Crippen MR) is 50.9 cm³/mol. The first-order chi connectivity index (χ1) is 5.75. The fraction of sp³-hybridized carbons (Fsp3) is 0.727. The first-order valence-corrected chi connectivity index (χ1v) is 4.87. The molecule has 68 valence electrons. The summed E-state index contributed by atoms with van der Waals surface area (Å²) in [7, 11) is 0. The summed E-state index contributed by atoms with van der Waals surface area (Å²) in [6, 6.07) is 0. The SMILES string of the molecule is C=CCCC1CCCC1C(C)=O. The largest absolute Gasteiger partial charge is 0.300 e. The van der Waals surface area contributed by atoms with Crippen molar-refractivity contribution in [2.24, 2.45) is 11.8 Å². The third-order valence-electron chi connectivity index (χ3n) is 2.92. The molecule has 2 atom stereocenters. The zero-order valence-corrected chi connectivity index (χ0v) is 7.88. The van der Waals surface area contributed by atoms with E-state index in [4.69, 9.17) is 0 Å². The lowest BCUT2D eigenvalue weighted by atomic mass is 9.89. The van der Waals surface area contributed by atoms with Gasteiger partial charge in [0.15, 0.2) is 0 Å². The number of hydrogen-bond donors (Lipinski definition) is 0. The molecule has 0 aromatic carbocycles. The molecule has 0 bridgehead atoms. The van der Waals surface area contributed by atoms with Gasteiger partial charge in [-0.2, -0.15) is 0 Å². The van der Waals surface area contributed by atoms with Crippen LogP contribution in [0, 0.1) is 11.8 Å². The van der Waals surface area contributed by atoms with Gasteiger partial charge in [-0.3, -0.25) is 4.79 Å². The average molecular weight is 166 g/mol. The van der Waals surface area contributed by atoms with Crippen LogP contribution in [0.5, 0.6) is 0 Å². The van der Waals surface area contributed by atoms with E-state index in [-0.39, 0.29) is 0 Å². The topological polar surface area (TPSA) is 17.1 Å². The highest BCUT2D eigenvalue weighted by Gasteiger charge is 2.29. The van der Waals surface area contributed by atoms with Crippen LogP contribution in [-0.2, 0) is 4.79 Å². The standard InChI is InChI=1S/C11H18O/c1-3-4-6-10-7-5-8-11(10)9(2)12/h3,10-11H,1,4-8H2,2H3. The summed E-state index contributed by atoms with van der Waals surface area (Å²) in [5.41, 5.74) is 0. The molecule has 0 saturated heterocycles. The molecule has 0 aliphatic heterocycles. The minimum atomic E-state index is 0.366. The Morgan fingerprint density at radius 3 is 2.92 bits per heavy atom. The Morgan fingerprint density at radius 1 is 1.58 bits per heavy atom. The van der Waals surface area contributed by atoms with Gasteiger partial charge in [-0.15, -0.1) is 6.58 Å². The minimum Gasteiger partial charge on any atom is -0.300 e. The molecule has 0 aromatic rings. The molecule has 1 rings (SSSR count). The molecule has 0 N–H and O–H groups in total. The Kier molecular flexibility index (Phi) is 3.51. The maximum absolute atomic E-state index is 11.2. The van der Waals surface area contributed by atoms with Crippen molar-refractivity contribution in [1.82, 2.24) is 0 Å². The lowest BCUT2D eigenvalue weighted by Gasteiger charge is -2.15. The van der Waals surface area contributed by atoms with Crippen molar-refractivity contribution < 1.29 is 4.79 Å². The third kappa shape index (κ3) is 2.20. The molecular formula is C11H18O. The van der Waals surface area contributed by atoms with E-state index >= 15 is 0 Å². The molecule has 1 nitrogen and oxygen atoms in total. The molecular weight excluding hydrogens is 148 g/mol. The quantitative estimate of drug-likeness (QED) is 0.587. The van der Waals surface area contributed by atoms with E-state index in [0.717, 1.165) is 19.3 Å². The molecule has 0 spiro atoms. The van der Waals surface area contributed by atoms with Gasteiger partial charge in [-0.05, 0) is 38.5 Å². The van der Waals surface area contributed by atoms with Gasteiger partial charge in [0.2, 0.25) is 0 Å². The zero-order valence-electron chi connectivity index (χ0n) is 7.88. The van der Waals surface area contributed by atoms with Crippen molar-refractivity contribution in [2.75, 3.05) is 0 Å². The third-order valence-corrected chi connectivity index (χ3v) is 2.92. The zero-order chi connectivity index (χ0) is 8.97. The highest BCUT2D eigenvalue weighted by Crippen LogP contribution is 2.35. The van der Waals surface area contributed by atoms with Gasteiger partial charge in [0, 0.05) is 5.92 Å². The minimum absolute atomic E-state index is 0.366. The number of hydrogen-bond acceptors (Lipinski definition) is 1. The van der Waals surface area contributed by atoms with Crippen LogP contribution in [0.2, 0.25) is 0 Å². The maximum Gasteiger partial charge on any atom is 0.133 e. The Labute approximate surface area is 74.9 Å². The average Bonchev–Trinajstić information content (AvgIpc) is 2.48. The predicted octanol–water partition coefficient (Wildman–Crippen LogP) is 2.96. The van der Waals surface area contributed by atoms with Crippen molar-refractivity contribution in [2.45, 2.75) is 39.0 Å². The molecule has 2 unspecified atom stereocenters. The molecule has 1 aliphatic carbocycles. The Bertz CT molecular complexity index is 172. The summed E-state index contributed by atoms with van der Waals surface area (Å²) in [4.78, 5) is 11.2. The van der Waals surface area contributed by atoms with Crippen molar-refractivity contribution in [3.05, 3.63) is 12.7 Å². The molecule has 0 aromatic heterocycles. The van der Waals surface area contributed by atoms with Gasteiger partial charge in [-0.1, -0.05) is 12.5 Å². The van der Waals surface area contributed by atoms with E-state index in [0.29, 0.717) is 17.6 Å². The summed E-state index contributed by atoms with van der Waals surface area (Å²) in [5, 5.41) is 0. The van der Waals surface area contributed by atoms with Crippen LogP contribution in [0.3, 0.4) is 0 Å². The van der Waals surface area contributed by atoms with Gasteiger partial charge in [0.1, 0.15) is 5.78 Å². The fourth-order valence-corrected chi connectivity index (χ4v) is 2.25. The number of carbonyl (C=O) groups is 1. The first kappa shape index (κ1) is 9.50. The van der Waals surface area contributed by atoms with Crippen molar-refractivity contribution in [3.63, 3.8) is 0 Å².